The van der Waals surface area contributed by atoms with E-state index < -0.39 is 10.0 Å². The normalized spacial score (nSPS) is 21.4. The van der Waals surface area contributed by atoms with E-state index >= 15 is 0 Å². The Kier molecular flexibility index (Phi) is 3.57. The van der Waals surface area contributed by atoms with E-state index in [2.05, 4.69) is 15.1 Å². The molecule has 1 fully saturated rings. The number of hydrogen-bond acceptors (Lipinski definition) is 4. The SMILES string of the molecule is O=S(=O)(NCCn1cccn1)C1CCNC1. The van der Waals surface area contributed by atoms with E-state index in [4.69, 9.17) is 0 Å². The maximum Gasteiger partial charge on any atom is 0.215 e. The van der Waals surface area contributed by atoms with Crippen LogP contribution >= 0.6 is 0 Å². The van der Waals surface area contributed by atoms with Gasteiger partial charge in [-0.25, -0.2) is 13.1 Å². The molecule has 1 aliphatic rings. The van der Waals surface area contributed by atoms with Crippen LogP contribution in [0.2, 0.25) is 0 Å². The van der Waals surface area contributed by atoms with Gasteiger partial charge in [0.25, 0.3) is 0 Å². The van der Waals surface area contributed by atoms with Crippen molar-refractivity contribution in [2.45, 2.75) is 18.2 Å². The average molecular weight is 244 g/mol. The van der Waals surface area contributed by atoms with Crippen molar-refractivity contribution in [3.8, 4) is 0 Å². The van der Waals surface area contributed by atoms with Crippen molar-refractivity contribution in [3.63, 3.8) is 0 Å². The van der Waals surface area contributed by atoms with Crippen LogP contribution in [0.1, 0.15) is 6.42 Å². The maximum absolute atomic E-state index is 11.8. The van der Waals surface area contributed by atoms with Gasteiger partial charge < -0.3 is 5.32 Å². The van der Waals surface area contributed by atoms with Crippen LogP contribution in [0.25, 0.3) is 0 Å². The Morgan fingerprint density at radius 3 is 3.06 bits per heavy atom. The Balaban J connectivity index is 1.80. The van der Waals surface area contributed by atoms with Crippen LogP contribution in [0.4, 0.5) is 0 Å². The fourth-order valence-corrected chi connectivity index (χ4v) is 3.12. The van der Waals surface area contributed by atoms with Crippen molar-refractivity contribution in [1.82, 2.24) is 19.8 Å². The second kappa shape index (κ2) is 4.94. The first-order valence-electron chi connectivity index (χ1n) is 5.35. The fraction of sp³-hybridized carbons (Fsp3) is 0.667. The molecule has 6 nitrogen and oxygen atoms in total. The zero-order valence-corrected chi connectivity index (χ0v) is 9.78. The Morgan fingerprint density at radius 2 is 2.44 bits per heavy atom. The smallest absolute Gasteiger partial charge is 0.215 e. The molecule has 0 spiro atoms. The Hall–Kier alpha value is -0.920. The Morgan fingerprint density at radius 1 is 1.56 bits per heavy atom. The molecule has 1 unspecified atom stereocenters. The monoisotopic (exact) mass is 244 g/mol. The van der Waals surface area contributed by atoms with Gasteiger partial charge in [0.15, 0.2) is 0 Å². The molecule has 0 aliphatic carbocycles. The highest BCUT2D eigenvalue weighted by atomic mass is 32.2. The van der Waals surface area contributed by atoms with Crippen LogP contribution < -0.4 is 10.0 Å². The predicted molar refractivity (Wildman–Crippen MR) is 60.4 cm³/mol. The largest absolute Gasteiger partial charge is 0.315 e. The lowest BCUT2D eigenvalue weighted by Gasteiger charge is -2.11. The summed E-state index contributed by atoms with van der Waals surface area (Å²) in [6.07, 6.45) is 4.18. The first kappa shape index (κ1) is 11.6. The molecule has 7 heteroatoms. The van der Waals surface area contributed by atoms with Gasteiger partial charge in [-0.3, -0.25) is 4.68 Å². The second-order valence-corrected chi connectivity index (χ2v) is 5.87. The molecule has 90 valence electrons. The molecule has 1 aliphatic heterocycles. The lowest BCUT2D eigenvalue weighted by molar-refractivity contribution is 0.550. The highest BCUT2D eigenvalue weighted by Crippen LogP contribution is 2.07. The van der Waals surface area contributed by atoms with E-state index in [1.807, 2.05) is 12.3 Å². The number of rotatable bonds is 5. The first-order chi connectivity index (χ1) is 7.68. The van der Waals surface area contributed by atoms with Crippen LogP contribution in [0.5, 0.6) is 0 Å². The van der Waals surface area contributed by atoms with Crippen LogP contribution in [0, 0.1) is 0 Å². The number of aromatic nitrogens is 2. The highest BCUT2D eigenvalue weighted by Gasteiger charge is 2.27. The fourth-order valence-electron chi connectivity index (χ4n) is 1.75. The zero-order valence-electron chi connectivity index (χ0n) is 8.96. The molecule has 2 rings (SSSR count). The number of hydrogen-bond donors (Lipinski definition) is 2. The third kappa shape index (κ3) is 2.81. The van der Waals surface area contributed by atoms with Crippen molar-refractivity contribution in [1.29, 1.82) is 0 Å². The molecular formula is C9H16N4O2S. The van der Waals surface area contributed by atoms with E-state index in [0.29, 0.717) is 26.1 Å². The minimum Gasteiger partial charge on any atom is -0.315 e. The number of nitrogens with one attached hydrogen (secondary N) is 2. The summed E-state index contributed by atoms with van der Waals surface area (Å²) in [5.74, 6) is 0. The van der Waals surface area contributed by atoms with E-state index in [9.17, 15) is 8.42 Å². The quantitative estimate of drug-likeness (QED) is 0.708. The van der Waals surface area contributed by atoms with E-state index in [1.54, 1.807) is 10.9 Å². The van der Waals surface area contributed by atoms with Crippen molar-refractivity contribution < 1.29 is 8.42 Å². The summed E-state index contributed by atoms with van der Waals surface area (Å²) < 4.78 is 27.9. The molecule has 0 radical (unpaired) electrons. The van der Waals surface area contributed by atoms with Crippen molar-refractivity contribution in [2.24, 2.45) is 0 Å². The van der Waals surface area contributed by atoms with Gasteiger partial charge >= 0.3 is 0 Å². The Bertz CT molecular complexity index is 409. The lowest BCUT2D eigenvalue weighted by Crippen LogP contribution is -2.37. The van der Waals surface area contributed by atoms with Gasteiger partial charge in [-0.1, -0.05) is 0 Å². The minimum absolute atomic E-state index is 0.287. The van der Waals surface area contributed by atoms with Gasteiger partial charge in [0, 0.05) is 25.5 Å². The van der Waals surface area contributed by atoms with Crippen LogP contribution in [0.3, 0.4) is 0 Å². The van der Waals surface area contributed by atoms with Gasteiger partial charge in [-0.05, 0) is 19.0 Å². The highest BCUT2D eigenvalue weighted by molar-refractivity contribution is 7.90. The second-order valence-electron chi connectivity index (χ2n) is 3.82. The number of sulfonamides is 1. The summed E-state index contributed by atoms with van der Waals surface area (Å²) in [5, 5.41) is 6.76. The van der Waals surface area contributed by atoms with E-state index in [0.717, 1.165) is 6.54 Å². The summed E-state index contributed by atoms with van der Waals surface area (Å²) in [4.78, 5) is 0. The lowest BCUT2D eigenvalue weighted by atomic mass is 10.4. The van der Waals surface area contributed by atoms with Crippen LogP contribution in [-0.4, -0.2) is 43.1 Å². The molecule has 1 aromatic heterocycles. The van der Waals surface area contributed by atoms with Crippen LogP contribution in [0.15, 0.2) is 18.5 Å². The van der Waals surface area contributed by atoms with Crippen molar-refractivity contribution in [3.05, 3.63) is 18.5 Å². The van der Waals surface area contributed by atoms with Crippen LogP contribution in [-0.2, 0) is 16.6 Å². The van der Waals surface area contributed by atoms with Gasteiger partial charge in [0.05, 0.1) is 11.8 Å². The van der Waals surface area contributed by atoms with Gasteiger partial charge in [0.1, 0.15) is 0 Å². The first-order valence-corrected chi connectivity index (χ1v) is 6.90. The van der Waals surface area contributed by atoms with Gasteiger partial charge in [0.2, 0.25) is 10.0 Å². The minimum atomic E-state index is -3.17. The molecular weight excluding hydrogens is 228 g/mol. The van der Waals surface area contributed by atoms with Crippen molar-refractivity contribution >= 4 is 10.0 Å². The molecule has 2 N–H and O–H groups in total. The summed E-state index contributed by atoms with van der Waals surface area (Å²) in [5.41, 5.74) is 0. The summed E-state index contributed by atoms with van der Waals surface area (Å²) in [6.45, 7) is 2.29. The molecule has 16 heavy (non-hydrogen) atoms. The summed E-state index contributed by atoms with van der Waals surface area (Å²) in [7, 11) is -3.17. The standard InChI is InChI=1S/C9H16N4O2S/c14-16(15,9-2-4-10-8-9)12-5-7-13-6-1-3-11-13/h1,3,6,9-10,12H,2,4-5,7-8H2. The summed E-state index contributed by atoms with van der Waals surface area (Å²) in [6, 6.07) is 1.81. The van der Waals surface area contributed by atoms with E-state index in [1.165, 1.54) is 0 Å². The maximum atomic E-state index is 11.8. The zero-order chi connectivity index (χ0) is 11.4. The van der Waals surface area contributed by atoms with Gasteiger partial charge in [-0.2, -0.15) is 5.10 Å². The van der Waals surface area contributed by atoms with Gasteiger partial charge in [-0.15, -0.1) is 0 Å². The Labute approximate surface area is 95.1 Å². The molecule has 0 aromatic carbocycles. The number of nitrogens with zero attached hydrogens (tertiary/aromatic N) is 2. The average Bonchev–Trinajstić information content (AvgIpc) is 2.90. The third-order valence-corrected chi connectivity index (χ3v) is 4.54. The summed E-state index contributed by atoms with van der Waals surface area (Å²) >= 11 is 0. The molecule has 1 saturated heterocycles. The molecule has 1 aromatic rings. The molecule has 0 amide bonds. The molecule has 1 atom stereocenters. The third-order valence-electron chi connectivity index (χ3n) is 2.66. The topological polar surface area (TPSA) is 76.0 Å². The molecule has 2 heterocycles. The van der Waals surface area contributed by atoms with E-state index in [-0.39, 0.29) is 5.25 Å². The molecule has 0 bridgehead atoms. The molecule has 0 saturated carbocycles. The predicted octanol–water partition coefficient (Wildman–Crippen LogP) is -0.836. The van der Waals surface area contributed by atoms with Crippen molar-refractivity contribution in [2.75, 3.05) is 19.6 Å².